The lowest BCUT2D eigenvalue weighted by Gasteiger charge is -2.18. The first-order chi connectivity index (χ1) is 18.2. The molecule has 0 fully saturated rings. The highest BCUT2D eigenvalue weighted by molar-refractivity contribution is 5.76. The van der Waals surface area contributed by atoms with Gasteiger partial charge in [0.25, 0.3) is 0 Å². The minimum absolute atomic E-state index is 0.0381. The van der Waals surface area contributed by atoms with E-state index in [-0.39, 0.29) is 46.0 Å². The largest absolute Gasteiger partial charge is 0.508 e. The van der Waals surface area contributed by atoms with E-state index < -0.39 is 0 Å². The first kappa shape index (κ1) is 26.3. The van der Waals surface area contributed by atoms with Crippen LogP contribution < -0.4 is 9.47 Å². The van der Waals surface area contributed by atoms with Gasteiger partial charge in [-0.3, -0.25) is 0 Å². The van der Waals surface area contributed by atoms with Crippen LogP contribution in [0.2, 0.25) is 0 Å². The SMILES string of the molecule is COc1cc(CCc2cc(O)cc(O)c2)c(-c2cc(O)c(OC)cc2CCc2cc(O)cc(O)c2)cc1O. The van der Waals surface area contributed by atoms with Crippen molar-refractivity contribution in [1.82, 2.24) is 0 Å². The number of hydrogen-bond donors (Lipinski definition) is 6. The molecule has 38 heavy (non-hydrogen) atoms. The third-order valence-corrected chi connectivity index (χ3v) is 6.39. The third-order valence-electron chi connectivity index (χ3n) is 6.39. The Bertz CT molecular complexity index is 1310. The number of aromatic hydroxyl groups is 6. The van der Waals surface area contributed by atoms with Gasteiger partial charge in [0.05, 0.1) is 14.2 Å². The van der Waals surface area contributed by atoms with Crippen molar-refractivity contribution < 1.29 is 40.1 Å². The van der Waals surface area contributed by atoms with Crippen molar-refractivity contribution in [3.8, 4) is 57.1 Å². The van der Waals surface area contributed by atoms with E-state index in [2.05, 4.69) is 0 Å². The number of rotatable bonds is 9. The van der Waals surface area contributed by atoms with E-state index in [9.17, 15) is 30.6 Å². The minimum Gasteiger partial charge on any atom is -0.508 e. The standard InChI is InChI=1S/C30H30O8/c1-37-29-11-19(5-3-17-7-21(31)13-22(32)8-17)25(15-27(29)35)26-16-28(36)30(38-2)12-20(26)6-4-18-9-23(33)14-24(34)10-18/h7-16,31-36H,3-6H2,1-2H3. The number of phenolic OH excluding ortho intramolecular Hbond substituents is 6. The van der Waals surface area contributed by atoms with Gasteiger partial charge in [0, 0.05) is 12.1 Å². The molecule has 0 heterocycles. The van der Waals surface area contributed by atoms with Crippen molar-refractivity contribution in [2.45, 2.75) is 25.7 Å². The number of aryl methyl sites for hydroxylation is 4. The van der Waals surface area contributed by atoms with Gasteiger partial charge in [-0.15, -0.1) is 0 Å². The van der Waals surface area contributed by atoms with Crippen LogP contribution >= 0.6 is 0 Å². The first-order valence-electron chi connectivity index (χ1n) is 12.0. The van der Waals surface area contributed by atoms with E-state index in [1.807, 2.05) is 0 Å². The van der Waals surface area contributed by atoms with Crippen molar-refractivity contribution in [3.63, 3.8) is 0 Å². The lowest BCUT2D eigenvalue weighted by atomic mass is 9.89. The normalized spacial score (nSPS) is 10.9. The van der Waals surface area contributed by atoms with Crippen molar-refractivity contribution >= 4 is 0 Å². The second kappa shape index (κ2) is 11.1. The van der Waals surface area contributed by atoms with Crippen LogP contribution in [-0.2, 0) is 25.7 Å². The molecule has 4 aromatic rings. The van der Waals surface area contributed by atoms with Crippen LogP contribution in [0.3, 0.4) is 0 Å². The zero-order chi connectivity index (χ0) is 27.4. The maximum Gasteiger partial charge on any atom is 0.160 e. The summed E-state index contributed by atoms with van der Waals surface area (Å²) in [5.74, 6) is 0.287. The van der Waals surface area contributed by atoms with Gasteiger partial charge < -0.3 is 40.1 Å². The summed E-state index contributed by atoms with van der Waals surface area (Å²) in [7, 11) is 2.92. The predicted octanol–water partition coefficient (Wildman–Crippen LogP) is 5.17. The van der Waals surface area contributed by atoms with E-state index in [1.165, 1.54) is 26.4 Å². The average Bonchev–Trinajstić information content (AvgIpc) is 2.85. The minimum atomic E-state index is -0.0691. The van der Waals surface area contributed by atoms with Crippen LogP contribution in [0.1, 0.15) is 22.3 Å². The van der Waals surface area contributed by atoms with Crippen molar-refractivity contribution in [1.29, 1.82) is 0 Å². The summed E-state index contributed by atoms with van der Waals surface area (Å²) in [6.45, 7) is 0. The van der Waals surface area contributed by atoms with Crippen LogP contribution in [0.4, 0.5) is 0 Å². The summed E-state index contributed by atoms with van der Waals surface area (Å²) in [5.41, 5.74) is 4.40. The van der Waals surface area contributed by atoms with Gasteiger partial charge >= 0.3 is 0 Å². The van der Waals surface area contributed by atoms with E-state index in [4.69, 9.17) is 9.47 Å². The monoisotopic (exact) mass is 518 g/mol. The Morgan fingerprint density at radius 1 is 0.447 bits per heavy atom. The third kappa shape index (κ3) is 5.98. The average molecular weight is 519 g/mol. The summed E-state index contributed by atoms with van der Waals surface area (Å²) in [6.07, 6.45) is 1.90. The van der Waals surface area contributed by atoms with E-state index in [1.54, 1.807) is 48.5 Å². The van der Waals surface area contributed by atoms with Gasteiger partial charge in [-0.1, -0.05) is 0 Å². The molecular formula is C30H30O8. The quantitative estimate of drug-likeness (QED) is 0.178. The predicted molar refractivity (Wildman–Crippen MR) is 143 cm³/mol. The van der Waals surface area contributed by atoms with Gasteiger partial charge in [0.15, 0.2) is 23.0 Å². The Morgan fingerprint density at radius 3 is 1.11 bits per heavy atom. The molecule has 0 spiro atoms. The molecule has 4 rings (SSSR count). The Hall–Kier alpha value is -4.72. The van der Waals surface area contributed by atoms with E-state index >= 15 is 0 Å². The molecule has 0 aromatic heterocycles. The highest BCUT2D eigenvalue weighted by Crippen LogP contribution is 2.41. The van der Waals surface area contributed by atoms with Crippen LogP contribution in [0, 0.1) is 0 Å². The van der Waals surface area contributed by atoms with E-state index in [0.29, 0.717) is 36.8 Å². The van der Waals surface area contributed by atoms with Crippen LogP contribution in [-0.4, -0.2) is 44.9 Å². The molecule has 0 saturated carbocycles. The molecular weight excluding hydrogens is 488 g/mol. The zero-order valence-electron chi connectivity index (χ0n) is 21.1. The van der Waals surface area contributed by atoms with Crippen LogP contribution in [0.5, 0.6) is 46.0 Å². The van der Waals surface area contributed by atoms with Gasteiger partial charge in [-0.2, -0.15) is 0 Å². The van der Waals surface area contributed by atoms with Crippen molar-refractivity contribution in [3.05, 3.63) is 82.9 Å². The van der Waals surface area contributed by atoms with E-state index in [0.717, 1.165) is 22.3 Å². The summed E-state index contributed by atoms with van der Waals surface area (Å²) >= 11 is 0. The summed E-state index contributed by atoms with van der Waals surface area (Å²) in [6, 6.07) is 15.4. The molecule has 0 aliphatic heterocycles. The molecule has 4 aromatic carbocycles. The molecule has 0 aliphatic rings. The topological polar surface area (TPSA) is 140 Å². The van der Waals surface area contributed by atoms with Gasteiger partial charge in [-0.05, 0) is 108 Å². The summed E-state index contributed by atoms with van der Waals surface area (Å²) in [5, 5.41) is 60.7. The van der Waals surface area contributed by atoms with Crippen LogP contribution in [0.25, 0.3) is 11.1 Å². The molecule has 0 atom stereocenters. The number of hydrogen-bond acceptors (Lipinski definition) is 8. The maximum atomic E-state index is 10.6. The Kier molecular flexibility index (Phi) is 7.71. The Morgan fingerprint density at radius 2 is 0.789 bits per heavy atom. The highest BCUT2D eigenvalue weighted by atomic mass is 16.5. The molecule has 8 heteroatoms. The summed E-state index contributed by atoms with van der Waals surface area (Å²) in [4.78, 5) is 0. The van der Waals surface area contributed by atoms with Crippen molar-refractivity contribution in [2.24, 2.45) is 0 Å². The second-order valence-corrected chi connectivity index (χ2v) is 9.08. The molecule has 0 bridgehead atoms. The molecule has 0 aliphatic carbocycles. The Balaban J connectivity index is 1.77. The number of benzene rings is 4. The fraction of sp³-hybridized carbons (Fsp3) is 0.200. The molecule has 0 unspecified atom stereocenters. The zero-order valence-corrected chi connectivity index (χ0v) is 21.1. The molecule has 0 amide bonds. The Labute approximate surface area is 220 Å². The number of phenols is 6. The summed E-state index contributed by atoms with van der Waals surface area (Å²) < 4.78 is 10.7. The second-order valence-electron chi connectivity index (χ2n) is 9.08. The number of methoxy groups -OCH3 is 2. The smallest absolute Gasteiger partial charge is 0.160 e. The lowest BCUT2D eigenvalue weighted by molar-refractivity contribution is 0.372. The van der Waals surface area contributed by atoms with Gasteiger partial charge in [0.1, 0.15) is 23.0 Å². The molecule has 0 radical (unpaired) electrons. The number of ether oxygens (including phenoxy) is 2. The molecule has 198 valence electrons. The molecule has 6 N–H and O–H groups in total. The fourth-order valence-corrected chi connectivity index (χ4v) is 4.62. The maximum absolute atomic E-state index is 10.6. The fourth-order valence-electron chi connectivity index (χ4n) is 4.62. The first-order valence-corrected chi connectivity index (χ1v) is 12.0. The van der Waals surface area contributed by atoms with Gasteiger partial charge in [-0.25, -0.2) is 0 Å². The van der Waals surface area contributed by atoms with Gasteiger partial charge in [0.2, 0.25) is 0 Å². The molecule has 0 saturated heterocycles. The molecule has 8 nitrogen and oxygen atoms in total. The lowest BCUT2D eigenvalue weighted by Crippen LogP contribution is -2.01. The van der Waals surface area contributed by atoms with Crippen LogP contribution in [0.15, 0.2) is 60.7 Å². The highest BCUT2D eigenvalue weighted by Gasteiger charge is 2.18. The van der Waals surface area contributed by atoms with Crippen molar-refractivity contribution in [2.75, 3.05) is 14.2 Å².